The first kappa shape index (κ1) is 19.9. The lowest BCUT2D eigenvalue weighted by Crippen LogP contribution is -2.23. The lowest BCUT2D eigenvalue weighted by atomic mass is 10.1. The summed E-state index contributed by atoms with van der Waals surface area (Å²) in [6, 6.07) is 23.9. The fourth-order valence-electron chi connectivity index (χ4n) is 2.74. The second kappa shape index (κ2) is 9.94. The van der Waals surface area contributed by atoms with Crippen LogP contribution in [0.4, 0.5) is 11.4 Å². The maximum Gasteiger partial charge on any atom is 0.251 e. The van der Waals surface area contributed by atoms with E-state index in [9.17, 15) is 9.59 Å². The standard InChI is InChI=1S/C23H23N3O3/c1-29-21-10-6-5-9-20(21)26-22(27)16-24-19-13-11-18(12-14-19)23(28)25-15-17-7-3-2-4-8-17/h2-14,24H,15-16H2,1H3,(H,25,28)(H,26,27). The van der Waals surface area contributed by atoms with Gasteiger partial charge >= 0.3 is 0 Å². The molecule has 0 aliphatic rings. The van der Waals surface area contributed by atoms with Crippen LogP contribution in [0, 0.1) is 0 Å². The van der Waals surface area contributed by atoms with Crippen molar-refractivity contribution in [2.24, 2.45) is 0 Å². The Morgan fingerprint density at radius 3 is 2.28 bits per heavy atom. The van der Waals surface area contributed by atoms with Crippen LogP contribution in [0.15, 0.2) is 78.9 Å². The zero-order valence-electron chi connectivity index (χ0n) is 16.1. The van der Waals surface area contributed by atoms with Crippen LogP contribution in [0.1, 0.15) is 15.9 Å². The highest BCUT2D eigenvalue weighted by Crippen LogP contribution is 2.22. The van der Waals surface area contributed by atoms with E-state index >= 15 is 0 Å². The maximum absolute atomic E-state index is 12.3. The van der Waals surface area contributed by atoms with E-state index < -0.39 is 0 Å². The predicted octanol–water partition coefficient (Wildman–Crippen LogP) is 3.68. The number of ether oxygens (including phenoxy) is 1. The van der Waals surface area contributed by atoms with Crippen LogP contribution in [0.5, 0.6) is 5.75 Å². The number of anilines is 2. The van der Waals surface area contributed by atoms with Crippen molar-refractivity contribution in [3.63, 3.8) is 0 Å². The highest BCUT2D eigenvalue weighted by Gasteiger charge is 2.08. The number of hydrogen-bond acceptors (Lipinski definition) is 4. The van der Waals surface area contributed by atoms with Crippen molar-refractivity contribution in [2.45, 2.75) is 6.54 Å². The van der Waals surface area contributed by atoms with E-state index in [0.717, 1.165) is 11.3 Å². The molecule has 0 aliphatic carbocycles. The van der Waals surface area contributed by atoms with Crippen molar-refractivity contribution < 1.29 is 14.3 Å². The molecule has 0 aromatic heterocycles. The summed E-state index contributed by atoms with van der Waals surface area (Å²) in [5.41, 5.74) is 2.97. The van der Waals surface area contributed by atoms with Crippen molar-refractivity contribution in [3.05, 3.63) is 90.0 Å². The van der Waals surface area contributed by atoms with E-state index in [2.05, 4.69) is 16.0 Å². The van der Waals surface area contributed by atoms with Gasteiger partial charge in [0.2, 0.25) is 5.91 Å². The molecule has 0 atom stereocenters. The summed E-state index contributed by atoms with van der Waals surface area (Å²) in [4.78, 5) is 24.4. The third kappa shape index (κ3) is 5.84. The summed E-state index contributed by atoms with van der Waals surface area (Å²) in [5, 5.41) is 8.73. The number of carbonyl (C=O) groups is 2. The minimum Gasteiger partial charge on any atom is -0.495 e. The monoisotopic (exact) mass is 389 g/mol. The third-order valence-corrected chi connectivity index (χ3v) is 4.28. The number of benzene rings is 3. The topological polar surface area (TPSA) is 79.5 Å². The minimum absolute atomic E-state index is 0.0948. The average Bonchev–Trinajstić information content (AvgIpc) is 2.77. The predicted molar refractivity (Wildman–Crippen MR) is 114 cm³/mol. The minimum atomic E-state index is -0.195. The van der Waals surface area contributed by atoms with Gasteiger partial charge < -0.3 is 20.7 Å². The second-order valence-corrected chi connectivity index (χ2v) is 6.35. The zero-order chi connectivity index (χ0) is 20.5. The molecule has 0 fully saturated rings. The Balaban J connectivity index is 1.48. The number of methoxy groups -OCH3 is 1. The summed E-state index contributed by atoms with van der Waals surface area (Å²) in [6.07, 6.45) is 0. The lowest BCUT2D eigenvalue weighted by Gasteiger charge is -2.11. The molecule has 6 nitrogen and oxygen atoms in total. The van der Waals surface area contributed by atoms with E-state index in [-0.39, 0.29) is 18.4 Å². The van der Waals surface area contributed by atoms with Crippen molar-refractivity contribution >= 4 is 23.2 Å². The molecule has 2 amide bonds. The molecule has 29 heavy (non-hydrogen) atoms. The van der Waals surface area contributed by atoms with E-state index in [1.807, 2.05) is 42.5 Å². The molecule has 3 aromatic rings. The Labute approximate surface area is 169 Å². The lowest BCUT2D eigenvalue weighted by molar-refractivity contribution is -0.114. The normalized spacial score (nSPS) is 10.1. The Kier molecular flexibility index (Phi) is 6.84. The molecule has 0 bridgehead atoms. The Bertz CT molecular complexity index is 957. The quantitative estimate of drug-likeness (QED) is 0.549. The van der Waals surface area contributed by atoms with Gasteiger partial charge in [-0.15, -0.1) is 0 Å². The van der Waals surface area contributed by atoms with Crippen molar-refractivity contribution in [1.29, 1.82) is 0 Å². The first-order valence-electron chi connectivity index (χ1n) is 9.24. The van der Waals surface area contributed by atoms with Crippen LogP contribution in [-0.4, -0.2) is 25.5 Å². The van der Waals surface area contributed by atoms with Crippen LogP contribution in [0.3, 0.4) is 0 Å². The van der Waals surface area contributed by atoms with Crippen LogP contribution >= 0.6 is 0 Å². The highest BCUT2D eigenvalue weighted by atomic mass is 16.5. The fourth-order valence-corrected chi connectivity index (χ4v) is 2.74. The largest absolute Gasteiger partial charge is 0.495 e. The van der Waals surface area contributed by atoms with E-state index in [1.165, 1.54) is 0 Å². The van der Waals surface area contributed by atoms with Gasteiger partial charge in [-0.05, 0) is 42.0 Å². The van der Waals surface area contributed by atoms with Gasteiger partial charge in [0.15, 0.2) is 0 Å². The number of nitrogens with one attached hydrogen (secondary N) is 3. The number of hydrogen-bond donors (Lipinski definition) is 3. The van der Waals surface area contributed by atoms with Gasteiger partial charge in [-0.3, -0.25) is 9.59 Å². The van der Waals surface area contributed by atoms with Crippen LogP contribution < -0.4 is 20.7 Å². The summed E-state index contributed by atoms with van der Waals surface area (Å²) < 4.78 is 5.22. The smallest absolute Gasteiger partial charge is 0.251 e. The average molecular weight is 389 g/mol. The first-order chi connectivity index (χ1) is 14.2. The van der Waals surface area contributed by atoms with Crippen LogP contribution in [0.25, 0.3) is 0 Å². The molecule has 0 saturated carbocycles. The Hall–Kier alpha value is -3.80. The molecule has 0 radical (unpaired) electrons. The molecule has 0 saturated heterocycles. The van der Waals surface area contributed by atoms with Crippen LogP contribution in [-0.2, 0) is 11.3 Å². The molecule has 3 aromatic carbocycles. The maximum atomic E-state index is 12.3. The molecule has 0 spiro atoms. The molecule has 6 heteroatoms. The van der Waals surface area contributed by atoms with Gasteiger partial charge in [-0.1, -0.05) is 42.5 Å². The van der Waals surface area contributed by atoms with Crippen molar-refractivity contribution in [2.75, 3.05) is 24.3 Å². The number of para-hydroxylation sites is 2. The van der Waals surface area contributed by atoms with Crippen molar-refractivity contribution in [3.8, 4) is 5.75 Å². The fraction of sp³-hybridized carbons (Fsp3) is 0.130. The molecule has 0 aliphatic heterocycles. The Morgan fingerprint density at radius 1 is 0.862 bits per heavy atom. The Morgan fingerprint density at radius 2 is 1.55 bits per heavy atom. The highest BCUT2D eigenvalue weighted by molar-refractivity contribution is 5.96. The second-order valence-electron chi connectivity index (χ2n) is 6.35. The van der Waals surface area contributed by atoms with Gasteiger partial charge in [0.1, 0.15) is 5.75 Å². The number of rotatable bonds is 8. The van der Waals surface area contributed by atoms with Crippen LogP contribution in [0.2, 0.25) is 0 Å². The van der Waals surface area contributed by atoms with Gasteiger partial charge in [-0.2, -0.15) is 0 Å². The number of carbonyl (C=O) groups excluding carboxylic acids is 2. The SMILES string of the molecule is COc1ccccc1NC(=O)CNc1ccc(C(=O)NCc2ccccc2)cc1. The number of amides is 2. The van der Waals surface area contributed by atoms with Gasteiger partial charge in [0.05, 0.1) is 19.3 Å². The van der Waals surface area contributed by atoms with Gasteiger partial charge in [0.25, 0.3) is 5.91 Å². The molecule has 3 N–H and O–H groups in total. The summed E-state index contributed by atoms with van der Waals surface area (Å²) >= 11 is 0. The van der Waals surface area contributed by atoms with Gasteiger partial charge in [-0.25, -0.2) is 0 Å². The third-order valence-electron chi connectivity index (χ3n) is 4.28. The summed E-state index contributed by atoms with van der Waals surface area (Å²) in [5.74, 6) is 0.264. The molecular formula is C23H23N3O3. The van der Waals surface area contributed by atoms with Crippen molar-refractivity contribution in [1.82, 2.24) is 5.32 Å². The molecule has 0 heterocycles. The van der Waals surface area contributed by atoms with E-state index in [1.54, 1.807) is 43.5 Å². The zero-order valence-corrected chi connectivity index (χ0v) is 16.1. The van der Waals surface area contributed by atoms with Gasteiger partial charge in [0, 0.05) is 17.8 Å². The summed E-state index contributed by atoms with van der Waals surface area (Å²) in [7, 11) is 1.56. The van der Waals surface area contributed by atoms with E-state index in [4.69, 9.17) is 4.74 Å². The molecule has 148 valence electrons. The molecular weight excluding hydrogens is 366 g/mol. The van der Waals surface area contributed by atoms with E-state index in [0.29, 0.717) is 23.5 Å². The first-order valence-corrected chi connectivity index (χ1v) is 9.24. The molecule has 3 rings (SSSR count). The summed E-state index contributed by atoms with van der Waals surface area (Å²) in [6.45, 7) is 0.570. The molecule has 0 unspecified atom stereocenters.